The second-order valence-corrected chi connectivity index (χ2v) is 12.0. The van der Waals surface area contributed by atoms with E-state index in [-0.39, 0.29) is 29.2 Å². The fourth-order valence-corrected chi connectivity index (χ4v) is 8.39. The molecule has 0 radical (unpaired) electrons. The minimum Gasteiger partial charge on any atom is -0.273 e. The lowest BCUT2D eigenvalue weighted by molar-refractivity contribution is -0.153. The Morgan fingerprint density at radius 3 is 2.73 bits per heavy atom. The van der Waals surface area contributed by atoms with Gasteiger partial charge in [0.1, 0.15) is 0 Å². The third kappa shape index (κ3) is 3.83. The molecule has 3 aliphatic carbocycles. The lowest BCUT2D eigenvalue weighted by Gasteiger charge is -2.59. The zero-order valence-corrected chi connectivity index (χ0v) is 20.9. The molecule has 1 aliphatic heterocycles. The maximum absolute atomic E-state index is 13.0. The summed E-state index contributed by atoms with van der Waals surface area (Å²) in [4.78, 5) is 26.0. The van der Waals surface area contributed by atoms with Crippen molar-refractivity contribution in [3.05, 3.63) is 47.0 Å². The van der Waals surface area contributed by atoms with E-state index in [0.717, 1.165) is 30.2 Å². The molecule has 2 unspecified atom stereocenters. The summed E-state index contributed by atoms with van der Waals surface area (Å²) < 4.78 is 0. The van der Waals surface area contributed by atoms with Crippen LogP contribution in [0, 0.1) is 28.6 Å². The molecule has 2 amide bonds. The number of carbonyl (C=O) groups excluding carboxylic acids is 2. The average molecular weight is 469 g/mol. The van der Waals surface area contributed by atoms with Crippen molar-refractivity contribution in [2.45, 2.75) is 84.1 Å². The van der Waals surface area contributed by atoms with E-state index < -0.39 is 0 Å². The Labute approximate surface area is 203 Å². The lowest BCUT2D eigenvalue weighted by Crippen LogP contribution is -2.64. The predicted octanol–water partition coefficient (Wildman–Crippen LogP) is 6.26. The number of nitrogens with zero attached hydrogens (tertiary/aromatic N) is 1. The minimum atomic E-state index is -0.123. The molecule has 4 nitrogen and oxygen atoms in total. The van der Waals surface area contributed by atoms with Gasteiger partial charge in [-0.25, -0.2) is 5.01 Å². The van der Waals surface area contributed by atoms with Crippen LogP contribution < -0.4 is 5.43 Å². The largest absolute Gasteiger partial charge is 0.273 e. The molecule has 0 spiro atoms. The molecule has 0 bridgehead atoms. The SMILES string of the molecule is CC(CC(=O)NN1C(=O)C=C[C@@]2(C)C1CC[C@@H]1[C@H]2CC[C@]2(C)CCC[C@@H]12)c1ccccc1Cl. The smallest absolute Gasteiger partial charge is 0.264 e. The Hall–Kier alpha value is -1.81. The van der Waals surface area contributed by atoms with Crippen LogP contribution in [0.4, 0.5) is 0 Å². The van der Waals surface area contributed by atoms with Crippen molar-refractivity contribution in [3.8, 4) is 0 Å². The first-order valence-corrected chi connectivity index (χ1v) is 13.2. The van der Waals surface area contributed by atoms with Gasteiger partial charge in [0.2, 0.25) is 5.91 Å². The molecule has 5 rings (SSSR count). The van der Waals surface area contributed by atoms with Crippen molar-refractivity contribution in [3.63, 3.8) is 0 Å². The van der Waals surface area contributed by atoms with Gasteiger partial charge in [-0.15, -0.1) is 0 Å². The summed E-state index contributed by atoms with van der Waals surface area (Å²) in [5.41, 5.74) is 4.41. The van der Waals surface area contributed by atoms with Gasteiger partial charge in [-0.3, -0.25) is 15.0 Å². The maximum atomic E-state index is 13.0. The summed E-state index contributed by atoms with van der Waals surface area (Å²) in [7, 11) is 0. The van der Waals surface area contributed by atoms with Gasteiger partial charge in [0, 0.05) is 22.9 Å². The topological polar surface area (TPSA) is 49.4 Å². The van der Waals surface area contributed by atoms with Crippen LogP contribution in [0.25, 0.3) is 0 Å². The van der Waals surface area contributed by atoms with Gasteiger partial charge in [0.25, 0.3) is 5.91 Å². The number of benzene rings is 1. The molecule has 178 valence electrons. The number of nitrogens with one attached hydrogen (secondary N) is 1. The summed E-state index contributed by atoms with van der Waals surface area (Å²) >= 11 is 6.33. The summed E-state index contributed by atoms with van der Waals surface area (Å²) in [6.45, 7) is 6.86. The van der Waals surface area contributed by atoms with Gasteiger partial charge in [-0.2, -0.15) is 0 Å². The Balaban J connectivity index is 1.32. The first-order valence-electron chi connectivity index (χ1n) is 12.8. The second-order valence-electron chi connectivity index (χ2n) is 11.6. The van der Waals surface area contributed by atoms with Crippen molar-refractivity contribution >= 4 is 23.4 Å². The highest BCUT2D eigenvalue weighted by molar-refractivity contribution is 6.31. The number of amides is 2. The van der Waals surface area contributed by atoms with Crippen LogP contribution in [0.2, 0.25) is 5.02 Å². The van der Waals surface area contributed by atoms with Gasteiger partial charge >= 0.3 is 0 Å². The van der Waals surface area contributed by atoms with Crippen molar-refractivity contribution in [2.75, 3.05) is 0 Å². The molecule has 0 aromatic heterocycles. The first-order chi connectivity index (χ1) is 15.7. The summed E-state index contributed by atoms with van der Waals surface area (Å²) in [5.74, 6) is 1.90. The summed E-state index contributed by atoms with van der Waals surface area (Å²) in [6, 6.07) is 7.69. The van der Waals surface area contributed by atoms with Crippen LogP contribution >= 0.6 is 11.6 Å². The molecule has 1 aromatic carbocycles. The fourth-order valence-electron chi connectivity index (χ4n) is 8.07. The van der Waals surface area contributed by atoms with Gasteiger partial charge < -0.3 is 0 Å². The third-order valence-electron chi connectivity index (χ3n) is 9.82. The van der Waals surface area contributed by atoms with Crippen molar-refractivity contribution < 1.29 is 9.59 Å². The molecular weight excluding hydrogens is 432 g/mol. The molecular formula is C28H37ClN2O2. The first kappa shape index (κ1) is 23.0. The van der Waals surface area contributed by atoms with E-state index >= 15 is 0 Å². The average Bonchev–Trinajstić information content (AvgIpc) is 3.18. The Bertz CT molecular complexity index is 976. The number of hydrogen-bond acceptors (Lipinski definition) is 2. The lowest BCUT2D eigenvalue weighted by atomic mass is 9.48. The molecule has 1 aromatic rings. The van der Waals surface area contributed by atoms with Crippen LogP contribution in [0.3, 0.4) is 0 Å². The normalized spacial score (nSPS) is 38.3. The number of hydrazine groups is 1. The molecule has 1 heterocycles. The third-order valence-corrected chi connectivity index (χ3v) is 10.2. The molecule has 5 heteroatoms. The van der Waals surface area contributed by atoms with E-state index in [1.54, 1.807) is 11.1 Å². The van der Waals surface area contributed by atoms with E-state index in [9.17, 15) is 9.59 Å². The highest BCUT2D eigenvalue weighted by Gasteiger charge is 2.58. The van der Waals surface area contributed by atoms with Gasteiger partial charge in [0.05, 0.1) is 6.04 Å². The Morgan fingerprint density at radius 1 is 1.15 bits per heavy atom. The van der Waals surface area contributed by atoms with Gasteiger partial charge in [0.15, 0.2) is 0 Å². The van der Waals surface area contributed by atoms with Gasteiger partial charge in [-0.05, 0) is 79.2 Å². The van der Waals surface area contributed by atoms with Crippen LogP contribution in [0.5, 0.6) is 0 Å². The second kappa shape index (κ2) is 8.45. The summed E-state index contributed by atoms with van der Waals surface area (Å²) in [5, 5.41) is 2.34. The van der Waals surface area contributed by atoms with Crippen LogP contribution in [-0.4, -0.2) is 22.9 Å². The maximum Gasteiger partial charge on any atom is 0.264 e. The van der Waals surface area contributed by atoms with E-state index in [1.165, 1.54) is 32.1 Å². The van der Waals surface area contributed by atoms with E-state index in [1.807, 2.05) is 31.2 Å². The summed E-state index contributed by atoms with van der Waals surface area (Å²) in [6.07, 6.45) is 12.9. The fraction of sp³-hybridized carbons (Fsp3) is 0.643. The number of fused-ring (bicyclic) bond motifs is 5. The Morgan fingerprint density at radius 2 is 1.94 bits per heavy atom. The monoisotopic (exact) mass is 468 g/mol. The van der Waals surface area contributed by atoms with Crippen molar-refractivity contribution in [2.24, 2.45) is 28.6 Å². The van der Waals surface area contributed by atoms with E-state index in [2.05, 4.69) is 25.3 Å². The molecule has 4 aliphatic rings. The molecule has 33 heavy (non-hydrogen) atoms. The number of hydrogen-bond donors (Lipinski definition) is 1. The van der Waals surface area contributed by atoms with Crippen LogP contribution in [0.1, 0.15) is 83.6 Å². The molecule has 1 N–H and O–H groups in total. The minimum absolute atomic E-state index is 0.0188. The molecule has 3 saturated carbocycles. The predicted molar refractivity (Wildman–Crippen MR) is 131 cm³/mol. The highest BCUT2D eigenvalue weighted by Crippen LogP contribution is 2.63. The zero-order valence-electron chi connectivity index (χ0n) is 20.1. The van der Waals surface area contributed by atoms with Crippen molar-refractivity contribution in [1.29, 1.82) is 0 Å². The van der Waals surface area contributed by atoms with Crippen molar-refractivity contribution in [1.82, 2.24) is 10.4 Å². The van der Waals surface area contributed by atoms with E-state index in [4.69, 9.17) is 11.6 Å². The number of rotatable bonds is 4. The highest BCUT2D eigenvalue weighted by atomic mass is 35.5. The molecule has 7 atom stereocenters. The molecule has 0 saturated heterocycles. The Kier molecular flexibility index (Phi) is 5.87. The zero-order chi connectivity index (χ0) is 23.4. The van der Waals surface area contributed by atoms with Crippen LogP contribution in [0.15, 0.2) is 36.4 Å². The van der Waals surface area contributed by atoms with E-state index in [0.29, 0.717) is 22.8 Å². The number of halogens is 1. The van der Waals surface area contributed by atoms with Gasteiger partial charge in [-0.1, -0.05) is 63.1 Å². The standard InChI is InChI=1S/C28H37ClN2O2/c1-18(19-7-4-5-9-23(19)29)17-25(32)30-31-24-11-10-20-21-8-6-14-27(21,2)15-12-22(20)28(24,3)16-13-26(31)33/h4-5,7,9,13,16,18,20-22,24H,6,8,10-12,14-15,17H2,1-3H3,(H,30,32)/t18?,20-,21-,22+,24?,27-,28+/m0/s1. The van der Waals surface area contributed by atoms with Crippen LogP contribution in [-0.2, 0) is 9.59 Å². The molecule has 3 fully saturated rings. The quantitative estimate of drug-likeness (QED) is 0.566. The number of carbonyl (C=O) groups is 2.